The summed E-state index contributed by atoms with van der Waals surface area (Å²) in [7, 11) is -3.80. The van der Waals surface area contributed by atoms with Gasteiger partial charge in [-0.15, -0.1) is 0 Å². The third-order valence-corrected chi connectivity index (χ3v) is 5.65. The average Bonchev–Trinajstić information content (AvgIpc) is 3.10. The van der Waals surface area contributed by atoms with Crippen LogP contribution in [-0.4, -0.2) is 66.5 Å². The summed E-state index contributed by atoms with van der Waals surface area (Å²) in [5, 5.41) is 19.1. The molecule has 12 nitrogen and oxygen atoms in total. The topological polar surface area (TPSA) is 163 Å². The van der Waals surface area contributed by atoms with Crippen molar-refractivity contribution in [1.82, 2.24) is 19.8 Å². The second-order valence-corrected chi connectivity index (χ2v) is 8.66. The van der Waals surface area contributed by atoms with Crippen LogP contribution in [0.15, 0.2) is 35.4 Å². The molecule has 168 valence electrons. The SMILES string of the molecule is NS(=O)(=O)c1cccc(CCNC(=O)Cn2cc(CN3CCOCC3)nc2[N+](=O)[O-])c1. The van der Waals surface area contributed by atoms with Gasteiger partial charge in [0, 0.05) is 19.6 Å². The molecule has 1 amide bonds. The van der Waals surface area contributed by atoms with Crippen molar-refractivity contribution >= 4 is 21.9 Å². The monoisotopic (exact) mass is 452 g/mol. The number of hydrogen-bond acceptors (Lipinski definition) is 8. The fraction of sp³-hybridized carbons (Fsp3) is 0.444. The molecular formula is C18H24N6O6S. The molecule has 0 radical (unpaired) electrons. The number of morpholine rings is 1. The molecule has 1 aromatic carbocycles. The van der Waals surface area contributed by atoms with E-state index in [-0.39, 0.29) is 23.9 Å². The number of rotatable bonds is 9. The number of ether oxygens (including phenoxy) is 1. The van der Waals surface area contributed by atoms with E-state index in [2.05, 4.69) is 15.2 Å². The smallest absolute Gasteiger partial charge is 0.390 e. The van der Waals surface area contributed by atoms with Gasteiger partial charge in [-0.05, 0) is 29.0 Å². The van der Waals surface area contributed by atoms with Gasteiger partial charge in [-0.25, -0.2) is 18.1 Å². The van der Waals surface area contributed by atoms with Crippen molar-refractivity contribution < 1.29 is 22.9 Å². The van der Waals surface area contributed by atoms with Crippen LogP contribution in [0.4, 0.5) is 5.95 Å². The van der Waals surface area contributed by atoms with E-state index in [4.69, 9.17) is 9.88 Å². The van der Waals surface area contributed by atoms with Gasteiger partial charge in [-0.3, -0.25) is 9.69 Å². The Hall–Kier alpha value is -2.87. The first-order valence-electron chi connectivity index (χ1n) is 9.61. The maximum Gasteiger partial charge on any atom is 0.435 e. The van der Waals surface area contributed by atoms with Gasteiger partial charge < -0.3 is 20.2 Å². The molecule has 0 aliphatic carbocycles. The summed E-state index contributed by atoms with van der Waals surface area (Å²) < 4.78 is 29.3. The normalized spacial score (nSPS) is 15.0. The van der Waals surface area contributed by atoms with Crippen molar-refractivity contribution in [2.75, 3.05) is 32.8 Å². The fourth-order valence-electron chi connectivity index (χ4n) is 3.22. The zero-order valence-corrected chi connectivity index (χ0v) is 17.6. The van der Waals surface area contributed by atoms with Crippen molar-refractivity contribution in [3.63, 3.8) is 0 Å². The molecular weight excluding hydrogens is 428 g/mol. The Morgan fingerprint density at radius 3 is 2.74 bits per heavy atom. The van der Waals surface area contributed by atoms with Crippen molar-refractivity contribution in [2.45, 2.75) is 24.4 Å². The molecule has 1 fully saturated rings. The van der Waals surface area contributed by atoms with E-state index >= 15 is 0 Å². The molecule has 31 heavy (non-hydrogen) atoms. The Bertz CT molecular complexity index is 1050. The Labute approximate surface area is 179 Å². The third kappa shape index (κ3) is 6.55. The Kier molecular flexibility index (Phi) is 7.33. The largest absolute Gasteiger partial charge is 0.435 e. The number of nitrogens with two attached hydrogens (primary N) is 1. The zero-order valence-electron chi connectivity index (χ0n) is 16.8. The minimum absolute atomic E-state index is 0.00170. The zero-order chi connectivity index (χ0) is 22.4. The van der Waals surface area contributed by atoms with Crippen molar-refractivity contribution in [1.29, 1.82) is 0 Å². The number of sulfonamides is 1. The van der Waals surface area contributed by atoms with Gasteiger partial charge in [0.15, 0.2) is 12.2 Å². The number of aromatic nitrogens is 2. The molecule has 13 heteroatoms. The number of amides is 1. The summed E-state index contributed by atoms with van der Waals surface area (Å²) >= 11 is 0. The maximum atomic E-state index is 12.3. The molecule has 2 heterocycles. The molecule has 0 bridgehead atoms. The highest BCUT2D eigenvalue weighted by molar-refractivity contribution is 7.89. The highest BCUT2D eigenvalue weighted by atomic mass is 32.2. The lowest BCUT2D eigenvalue weighted by atomic mass is 10.1. The molecule has 0 saturated carbocycles. The number of nitrogens with zero attached hydrogens (tertiary/aromatic N) is 4. The molecule has 0 unspecified atom stereocenters. The molecule has 1 aliphatic rings. The minimum atomic E-state index is -3.80. The summed E-state index contributed by atoms with van der Waals surface area (Å²) in [5.74, 6) is -0.805. The van der Waals surface area contributed by atoms with Crippen LogP contribution in [0.2, 0.25) is 0 Å². The lowest BCUT2D eigenvalue weighted by Gasteiger charge is -2.24. The second kappa shape index (κ2) is 9.96. The number of carbonyl (C=O) groups excluding carboxylic acids is 1. The average molecular weight is 452 g/mol. The van der Waals surface area contributed by atoms with Crippen LogP contribution in [0.5, 0.6) is 0 Å². The third-order valence-electron chi connectivity index (χ3n) is 4.73. The number of carbonyl (C=O) groups is 1. The minimum Gasteiger partial charge on any atom is -0.390 e. The number of hydrogen-bond donors (Lipinski definition) is 2. The van der Waals surface area contributed by atoms with E-state index in [0.29, 0.717) is 50.5 Å². The van der Waals surface area contributed by atoms with Gasteiger partial charge in [0.2, 0.25) is 10.0 Å². The molecule has 1 saturated heterocycles. The molecule has 2 aromatic rings. The highest BCUT2D eigenvalue weighted by Gasteiger charge is 2.23. The first-order valence-corrected chi connectivity index (χ1v) is 11.2. The first kappa shape index (κ1) is 22.8. The van der Waals surface area contributed by atoms with E-state index < -0.39 is 20.9 Å². The summed E-state index contributed by atoms with van der Waals surface area (Å²) in [6.45, 7) is 3.07. The Morgan fingerprint density at radius 1 is 1.32 bits per heavy atom. The lowest BCUT2D eigenvalue weighted by molar-refractivity contribution is -0.396. The summed E-state index contributed by atoms with van der Waals surface area (Å²) in [4.78, 5) is 29.1. The van der Waals surface area contributed by atoms with Crippen LogP contribution in [0, 0.1) is 10.1 Å². The van der Waals surface area contributed by atoms with Crippen molar-refractivity contribution in [3.8, 4) is 0 Å². The van der Waals surface area contributed by atoms with Crippen LogP contribution < -0.4 is 10.5 Å². The van der Waals surface area contributed by atoms with Crippen molar-refractivity contribution in [2.24, 2.45) is 5.14 Å². The molecule has 0 spiro atoms. The number of nitro groups is 1. The van der Waals surface area contributed by atoms with Crippen LogP contribution in [0.3, 0.4) is 0 Å². The number of primary sulfonamides is 1. The van der Waals surface area contributed by atoms with Gasteiger partial charge in [0.25, 0.3) is 5.91 Å². The van der Waals surface area contributed by atoms with Gasteiger partial charge in [0.1, 0.15) is 6.20 Å². The summed E-state index contributed by atoms with van der Waals surface area (Å²) in [5.41, 5.74) is 1.20. The summed E-state index contributed by atoms with van der Waals surface area (Å²) in [6.07, 6.45) is 1.89. The van der Waals surface area contributed by atoms with E-state index in [1.165, 1.54) is 22.9 Å². The maximum absolute atomic E-state index is 12.3. The predicted octanol–water partition coefficient (Wildman–Crippen LogP) is -0.370. The molecule has 3 rings (SSSR count). The van der Waals surface area contributed by atoms with E-state index in [0.717, 1.165) is 0 Å². The molecule has 1 aliphatic heterocycles. The van der Waals surface area contributed by atoms with Gasteiger partial charge in [0.05, 0.1) is 24.7 Å². The van der Waals surface area contributed by atoms with Crippen LogP contribution >= 0.6 is 0 Å². The van der Waals surface area contributed by atoms with Crippen LogP contribution in [0.25, 0.3) is 0 Å². The second-order valence-electron chi connectivity index (χ2n) is 7.10. The number of imidazole rings is 1. The standard InChI is InChI=1S/C18H24N6O6S/c19-31(28,29)16-3-1-2-14(10-16)4-5-20-17(25)13-23-12-15(21-18(23)24(26)27)11-22-6-8-30-9-7-22/h1-3,10,12H,4-9,11,13H2,(H,20,25)(H2,19,28,29). The highest BCUT2D eigenvalue weighted by Crippen LogP contribution is 2.14. The fourth-order valence-corrected chi connectivity index (χ4v) is 3.80. The van der Waals surface area contributed by atoms with Gasteiger partial charge in [-0.1, -0.05) is 17.1 Å². The van der Waals surface area contributed by atoms with E-state index in [9.17, 15) is 23.3 Å². The van der Waals surface area contributed by atoms with Gasteiger partial charge in [-0.2, -0.15) is 0 Å². The Balaban J connectivity index is 1.56. The predicted molar refractivity (Wildman–Crippen MR) is 110 cm³/mol. The molecule has 3 N–H and O–H groups in total. The Morgan fingerprint density at radius 2 is 2.06 bits per heavy atom. The number of nitrogens with one attached hydrogen (secondary N) is 1. The first-order chi connectivity index (χ1) is 14.7. The number of benzene rings is 1. The van der Waals surface area contributed by atoms with Crippen LogP contribution in [0.1, 0.15) is 11.3 Å². The van der Waals surface area contributed by atoms with Gasteiger partial charge >= 0.3 is 5.95 Å². The summed E-state index contributed by atoms with van der Waals surface area (Å²) in [6, 6.07) is 6.13. The van der Waals surface area contributed by atoms with E-state index in [1.54, 1.807) is 12.1 Å². The molecule has 1 aromatic heterocycles. The lowest BCUT2D eigenvalue weighted by Crippen LogP contribution is -2.35. The molecule has 0 atom stereocenters. The van der Waals surface area contributed by atoms with Crippen molar-refractivity contribution in [3.05, 3.63) is 51.8 Å². The quantitative estimate of drug-likeness (QED) is 0.384. The van der Waals surface area contributed by atoms with Crippen LogP contribution in [-0.2, 0) is 39.1 Å². The van der Waals surface area contributed by atoms with E-state index in [1.807, 2.05) is 0 Å².